The second-order valence-electron chi connectivity index (χ2n) is 4.05. The van der Waals surface area contributed by atoms with E-state index in [1.54, 1.807) is 0 Å². The van der Waals surface area contributed by atoms with Crippen LogP contribution in [0.3, 0.4) is 0 Å². The lowest BCUT2D eigenvalue weighted by atomic mass is 9.92. The SMILES string of the molecule is O=c1[nH]cnc(NC2(CCl)CCOCC2)c1I. The van der Waals surface area contributed by atoms with Crippen LogP contribution in [-0.2, 0) is 4.74 Å². The first-order chi connectivity index (χ1) is 8.17. The Balaban J connectivity index is 2.23. The van der Waals surface area contributed by atoms with Gasteiger partial charge in [-0.1, -0.05) is 0 Å². The lowest BCUT2D eigenvalue weighted by Gasteiger charge is -2.36. The fourth-order valence-electron chi connectivity index (χ4n) is 1.78. The molecule has 1 saturated heterocycles. The van der Waals surface area contributed by atoms with Crippen molar-refractivity contribution in [3.63, 3.8) is 0 Å². The third kappa shape index (κ3) is 2.92. The standard InChI is InChI=1S/C10H13ClIN3O2/c11-5-10(1-3-17-4-2-10)15-8-7(12)9(16)14-6-13-8/h6H,1-5H2,(H2,13,14,15,16). The monoisotopic (exact) mass is 369 g/mol. The van der Waals surface area contributed by atoms with Crippen molar-refractivity contribution in [1.82, 2.24) is 9.97 Å². The van der Waals surface area contributed by atoms with Crippen molar-refractivity contribution in [1.29, 1.82) is 0 Å². The first-order valence-corrected chi connectivity index (χ1v) is 6.93. The Kier molecular flexibility index (Phi) is 4.26. The molecule has 2 N–H and O–H groups in total. The average molecular weight is 370 g/mol. The lowest BCUT2D eigenvalue weighted by Crippen LogP contribution is -2.46. The molecule has 0 aliphatic carbocycles. The quantitative estimate of drug-likeness (QED) is 0.627. The largest absolute Gasteiger partial charge is 0.381 e. The van der Waals surface area contributed by atoms with E-state index < -0.39 is 0 Å². The van der Waals surface area contributed by atoms with Crippen LogP contribution in [0.15, 0.2) is 11.1 Å². The van der Waals surface area contributed by atoms with Crippen LogP contribution in [0, 0.1) is 3.57 Å². The van der Waals surface area contributed by atoms with Gasteiger partial charge >= 0.3 is 0 Å². The Morgan fingerprint density at radius 3 is 2.94 bits per heavy atom. The molecule has 17 heavy (non-hydrogen) atoms. The van der Waals surface area contributed by atoms with E-state index >= 15 is 0 Å². The van der Waals surface area contributed by atoms with Gasteiger partial charge in [0.25, 0.3) is 5.56 Å². The highest BCUT2D eigenvalue weighted by atomic mass is 127. The van der Waals surface area contributed by atoms with Gasteiger partial charge in [-0.05, 0) is 35.4 Å². The summed E-state index contributed by atoms with van der Waals surface area (Å²) in [6.07, 6.45) is 3.04. The highest BCUT2D eigenvalue weighted by molar-refractivity contribution is 14.1. The lowest BCUT2D eigenvalue weighted by molar-refractivity contribution is 0.0666. The number of nitrogens with zero attached hydrogens (tertiary/aromatic N) is 1. The van der Waals surface area contributed by atoms with Crippen molar-refractivity contribution < 1.29 is 4.74 Å². The zero-order chi connectivity index (χ0) is 12.3. The molecule has 0 amide bonds. The number of halogens is 2. The van der Waals surface area contributed by atoms with Gasteiger partial charge in [-0.15, -0.1) is 11.6 Å². The van der Waals surface area contributed by atoms with Gasteiger partial charge in [0.05, 0.1) is 11.9 Å². The zero-order valence-corrected chi connectivity index (χ0v) is 12.0. The maximum Gasteiger partial charge on any atom is 0.266 e. The van der Waals surface area contributed by atoms with E-state index in [1.807, 2.05) is 22.6 Å². The highest BCUT2D eigenvalue weighted by Gasteiger charge is 2.32. The van der Waals surface area contributed by atoms with Crippen LogP contribution in [0.5, 0.6) is 0 Å². The molecule has 7 heteroatoms. The Bertz CT molecular complexity index is 445. The Labute approximate surface area is 117 Å². The molecule has 0 saturated carbocycles. The highest BCUT2D eigenvalue weighted by Crippen LogP contribution is 2.27. The van der Waals surface area contributed by atoms with E-state index in [0.29, 0.717) is 28.5 Å². The summed E-state index contributed by atoms with van der Waals surface area (Å²) in [5.74, 6) is 1.07. The van der Waals surface area contributed by atoms with Crippen LogP contribution < -0.4 is 10.9 Å². The van der Waals surface area contributed by atoms with Gasteiger partial charge < -0.3 is 15.0 Å². The molecule has 0 unspecified atom stereocenters. The summed E-state index contributed by atoms with van der Waals surface area (Å²) < 4.78 is 5.89. The molecule has 0 radical (unpaired) electrons. The van der Waals surface area contributed by atoms with Gasteiger partial charge in [0.15, 0.2) is 0 Å². The molecule has 2 heterocycles. The summed E-state index contributed by atoms with van der Waals surface area (Å²) in [5.41, 5.74) is -0.361. The summed E-state index contributed by atoms with van der Waals surface area (Å²) in [4.78, 5) is 18.2. The molecule has 1 aromatic heterocycles. The van der Waals surface area contributed by atoms with E-state index in [-0.39, 0.29) is 11.1 Å². The summed E-state index contributed by atoms with van der Waals surface area (Å²) in [6, 6.07) is 0. The molecule has 1 aliphatic rings. The molecule has 94 valence electrons. The Morgan fingerprint density at radius 1 is 1.59 bits per heavy atom. The van der Waals surface area contributed by atoms with Gasteiger partial charge in [-0.2, -0.15) is 0 Å². The number of hydrogen-bond acceptors (Lipinski definition) is 4. The molecule has 1 fully saturated rings. The van der Waals surface area contributed by atoms with Crippen LogP contribution >= 0.6 is 34.2 Å². The Morgan fingerprint density at radius 2 is 2.29 bits per heavy atom. The first kappa shape index (κ1) is 13.1. The van der Waals surface area contributed by atoms with Crippen LogP contribution in [0.1, 0.15) is 12.8 Å². The smallest absolute Gasteiger partial charge is 0.266 e. The van der Waals surface area contributed by atoms with Crippen LogP contribution in [0.2, 0.25) is 0 Å². The normalized spacial score (nSPS) is 18.9. The van der Waals surface area contributed by atoms with Crippen LogP contribution in [0.25, 0.3) is 0 Å². The van der Waals surface area contributed by atoms with E-state index in [0.717, 1.165) is 12.8 Å². The van der Waals surface area contributed by atoms with Crippen LogP contribution in [-0.4, -0.2) is 34.6 Å². The number of hydrogen-bond donors (Lipinski definition) is 2. The number of ether oxygens (including phenoxy) is 1. The fraction of sp³-hybridized carbons (Fsp3) is 0.600. The van der Waals surface area contributed by atoms with Crippen molar-refractivity contribution in [2.75, 3.05) is 24.4 Å². The summed E-state index contributed by atoms with van der Waals surface area (Å²) in [6.45, 7) is 1.36. The predicted molar refractivity (Wildman–Crippen MR) is 74.7 cm³/mol. The number of nitrogens with one attached hydrogen (secondary N) is 2. The van der Waals surface area contributed by atoms with Crippen molar-refractivity contribution in [2.24, 2.45) is 0 Å². The zero-order valence-electron chi connectivity index (χ0n) is 9.13. The number of H-pyrrole nitrogens is 1. The van der Waals surface area contributed by atoms with E-state index in [2.05, 4.69) is 15.3 Å². The predicted octanol–water partition coefficient (Wildman–Crippen LogP) is 1.57. The van der Waals surface area contributed by atoms with Crippen molar-refractivity contribution >= 4 is 40.0 Å². The maximum atomic E-state index is 11.5. The molecule has 0 atom stereocenters. The number of aromatic nitrogens is 2. The second-order valence-corrected chi connectivity index (χ2v) is 5.39. The third-order valence-corrected chi connectivity index (χ3v) is 4.40. The average Bonchev–Trinajstić information content (AvgIpc) is 2.36. The Hall–Kier alpha value is -0.340. The topological polar surface area (TPSA) is 67.0 Å². The van der Waals surface area contributed by atoms with Crippen molar-refractivity contribution in [3.8, 4) is 0 Å². The second kappa shape index (κ2) is 5.53. The van der Waals surface area contributed by atoms with E-state index in [1.165, 1.54) is 6.33 Å². The van der Waals surface area contributed by atoms with Gasteiger partial charge in [0, 0.05) is 19.1 Å². The molecular formula is C10H13ClIN3O2. The summed E-state index contributed by atoms with van der Waals surface area (Å²) in [5, 5.41) is 3.30. The van der Waals surface area contributed by atoms with E-state index in [9.17, 15) is 4.79 Å². The molecular weight excluding hydrogens is 356 g/mol. The number of aromatic amines is 1. The van der Waals surface area contributed by atoms with Gasteiger partial charge in [-0.3, -0.25) is 4.79 Å². The minimum absolute atomic E-state index is 0.139. The fourth-order valence-corrected chi connectivity index (χ4v) is 2.54. The third-order valence-electron chi connectivity index (χ3n) is 2.89. The molecule has 0 bridgehead atoms. The number of anilines is 1. The molecule has 2 rings (SSSR count). The van der Waals surface area contributed by atoms with Gasteiger partial charge in [0.2, 0.25) is 0 Å². The minimum atomic E-state index is -0.222. The maximum absolute atomic E-state index is 11.5. The summed E-state index contributed by atoms with van der Waals surface area (Å²) in [7, 11) is 0. The number of alkyl halides is 1. The van der Waals surface area contributed by atoms with Crippen molar-refractivity contribution in [2.45, 2.75) is 18.4 Å². The minimum Gasteiger partial charge on any atom is -0.381 e. The molecule has 1 aliphatic heterocycles. The first-order valence-electron chi connectivity index (χ1n) is 5.32. The van der Waals surface area contributed by atoms with Crippen molar-refractivity contribution in [3.05, 3.63) is 20.3 Å². The van der Waals surface area contributed by atoms with Crippen LogP contribution in [0.4, 0.5) is 5.82 Å². The van der Waals surface area contributed by atoms with E-state index in [4.69, 9.17) is 16.3 Å². The van der Waals surface area contributed by atoms with Gasteiger partial charge in [-0.25, -0.2) is 4.98 Å². The molecule has 1 aromatic rings. The molecule has 0 aromatic carbocycles. The number of rotatable bonds is 3. The molecule has 0 spiro atoms. The molecule has 5 nitrogen and oxygen atoms in total. The summed E-state index contributed by atoms with van der Waals surface area (Å²) >= 11 is 8.03. The van der Waals surface area contributed by atoms with Gasteiger partial charge in [0.1, 0.15) is 9.39 Å².